The van der Waals surface area contributed by atoms with Crippen LogP contribution < -0.4 is 10.6 Å². The number of benzene rings is 1. The summed E-state index contributed by atoms with van der Waals surface area (Å²) in [6.07, 6.45) is -0.484. The predicted octanol–water partition coefficient (Wildman–Crippen LogP) is -0.536. The van der Waals surface area contributed by atoms with E-state index in [2.05, 4.69) is 20.9 Å². The summed E-state index contributed by atoms with van der Waals surface area (Å²) in [6.45, 7) is 3.11. The Balaban J connectivity index is 2.38. The Morgan fingerprint density at radius 1 is 1.06 bits per heavy atom. The average Bonchev–Trinajstić information content (AvgIpc) is 3.22. The molecule has 0 radical (unpaired) electrons. The number of carboxylic acid groups (broad SMARTS) is 1. The minimum Gasteiger partial charge on any atom is -0.480 e. The Kier molecular flexibility index (Phi) is 10.1. The van der Waals surface area contributed by atoms with Gasteiger partial charge >= 0.3 is 11.9 Å². The summed E-state index contributed by atoms with van der Waals surface area (Å²) < 4.78 is 6.32. The maximum Gasteiger partial charge on any atom is 0.322 e. The topological polar surface area (TPSA) is 193 Å². The average molecular weight is 506 g/mol. The van der Waals surface area contributed by atoms with E-state index in [1.54, 1.807) is 51.1 Å². The first-order valence-electron chi connectivity index (χ1n) is 11.2. The molecule has 13 heteroatoms. The summed E-state index contributed by atoms with van der Waals surface area (Å²) in [5.74, 6) is -3.58. The molecule has 5 N–H and O–H groups in total. The molecule has 0 bridgehead atoms. The number of carbonyl (C=O) groups is 4. The molecule has 0 saturated carbocycles. The number of carbonyl (C=O) groups excluding carboxylic acids is 3. The number of aliphatic hydroxyl groups excluding tert-OH is 2. The normalized spacial score (nSPS) is 12.9. The third-order valence-electron chi connectivity index (χ3n) is 4.88. The largest absolute Gasteiger partial charge is 0.480 e. The number of hydrogen-bond acceptors (Lipinski definition) is 9. The number of aliphatic hydroxyl groups is 2. The van der Waals surface area contributed by atoms with Crippen LogP contribution in [0.2, 0.25) is 0 Å². The lowest BCUT2D eigenvalue weighted by molar-refractivity contribution is -0.157. The summed E-state index contributed by atoms with van der Waals surface area (Å²) in [5.41, 5.74) is -0.129. The highest BCUT2D eigenvalue weighted by Gasteiger charge is 2.33. The molecule has 13 nitrogen and oxygen atoms in total. The van der Waals surface area contributed by atoms with Gasteiger partial charge in [-0.1, -0.05) is 35.5 Å². The van der Waals surface area contributed by atoms with E-state index in [4.69, 9.17) is 9.84 Å². The highest BCUT2D eigenvalue weighted by molar-refractivity contribution is 5.92. The first kappa shape index (κ1) is 28.4. The van der Waals surface area contributed by atoms with Gasteiger partial charge in [-0.2, -0.15) is 0 Å². The van der Waals surface area contributed by atoms with Crippen LogP contribution in [-0.4, -0.2) is 72.3 Å². The zero-order valence-corrected chi connectivity index (χ0v) is 20.3. The molecule has 2 aromatic rings. The number of nitrogens with one attached hydrogen (secondary N) is 2. The van der Waals surface area contributed by atoms with Gasteiger partial charge in [0.1, 0.15) is 29.9 Å². The van der Waals surface area contributed by atoms with E-state index in [0.717, 1.165) is 4.68 Å². The molecule has 0 fully saturated rings. The van der Waals surface area contributed by atoms with Gasteiger partial charge in [0.2, 0.25) is 11.8 Å². The van der Waals surface area contributed by atoms with Crippen molar-refractivity contribution in [3.05, 3.63) is 47.3 Å². The number of esters is 1. The van der Waals surface area contributed by atoms with Crippen LogP contribution in [0.1, 0.15) is 50.2 Å². The standard InChI is InChI=1S/C23H31N5O8/c1-23(2,3)36-20(33)10-17(28-18(13-30)16(12-29)26-27-28)22(35)25-15(21(34)24-11-19(31)32)9-14-7-5-4-6-8-14/h4-8,15,17,29-30H,9-13H2,1-3H3,(H,24,34)(H,25,35)(H,31,32)/t15-,17-/m0/s1. The Hall–Kier alpha value is -3.84. The van der Waals surface area contributed by atoms with Crippen molar-refractivity contribution in [1.82, 2.24) is 25.6 Å². The summed E-state index contributed by atoms with van der Waals surface area (Å²) in [4.78, 5) is 49.7. The van der Waals surface area contributed by atoms with E-state index in [0.29, 0.717) is 5.56 Å². The minimum absolute atomic E-state index is 0.0103. The van der Waals surface area contributed by atoms with Gasteiger partial charge in [0.25, 0.3) is 0 Å². The highest BCUT2D eigenvalue weighted by atomic mass is 16.6. The van der Waals surface area contributed by atoms with Gasteiger partial charge in [-0.05, 0) is 26.3 Å². The Morgan fingerprint density at radius 2 is 1.72 bits per heavy atom. The smallest absolute Gasteiger partial charge is 0.322 e. The van der Waals surface area contributed by atoms with Gasteiger partial charge in [-0.25, -0.2) is 4.68 Å². The van der Waals surface area contributed by atoms with Crippen LogP contribution in [0.4, 0.5) is 0 Å². The number of ether oxygens (including phenoxy) is 1. The van der Waals surface area contributed by atoms with Crippen molar-refractivity contribution in [2.75, 3.05) is 6.54 Å². The van der Waals surface area contributed by atoms with Crippen molar-refractivity contribution >= 4 is 23.8 Å². The number of aromatic nitrogens is 3. The number of hydrogen-bond donors (Lipinski definition) is 5. The second-order valence-electron chi connectivity index (χ2n) is 8.91. The molecule has 0 aliphatic heterocycles. The van der Waals surface area contributed by atoms with Gasteiger partial charge in [0, 0.05) is 6.42 Å². The van der Waals surface area contributed by atoms with Gasteiger partial charge in [-0.15, -0.1) is 5.10 Å². The monoisotopic (exact) mass is 505 g/mol. The third kappa shape index (κ3) is 8.43. The maximum atomic E-state index is 13.4. The number of rotatable bonds is 12. The van der Waals surface area contributed by atoms with Crippen LogP contribution in [0.15, 0.2) is 30.3 Å². The summed E-state index contributed by atoms with van der Waals surface area (Å²) in [6, 6.07) is 6.15. The quantitative estimate of drug-likeness (QED) is 0.234. The summed E-state index contributed by atoms with van der Waals surface area (Å²) in [5, 5.41) is 40.5. The van der Waals surface area contributed by atoms with E-state index in [-0.39, 0.29) is 17.8 Å². The molecular weight excluding hydrogens is 474 g/mol. The van der Waals surface area contributed by atoms with Crippen molar-refractivity contribution in [3.63, 3.8) is 0 Å². The molecule has 0 saturated heterocycles. The van der Waals surface area contributed by atoms with Gasteiger partial charge in [0.05, 0.1) is 25.3 Å². The van der Waals surface area contributed by atoms with Crippen LogP contribution in [0.3, 0.4) is 0 Å². The van der Waals surface area contributed by atoms with E-state index in [1.807, 2.05) is 0 Å². The fourth-order valence-electron chi connectivity index (χ4n) is 3.33. The molecule has 0 unspecified atom stereocenters. The molecule has 2 rings (SSSR count). The number of nitrogens with zero attached hydrogens (tertiary/aromatic N) is 3. The highest BCUT2D eigenvalue weighted by Crippen LogP contribution is 2.20. The maximum absolute atomic E-state index is 13.4. The lowest BCUT2D eigenvalue weighted by Crippen LogP contribution is -2.51. The van der Waals surface area contributed by atoms with Crippen LogP contribution in [0.5, 0.6) is 0 Å². The third-order valence-corrected chi connectivity index (χ3v) is 4.88. The summed E-state index contributed by atoms with van der Waals surface area (Å²) in [7, 11) is 0. The van der Waals surface area contributed by atoms with E-state index in [9.17, 15) is 29.4 Å². The van der Waals surface area contributed by atoms with Crippen LogP contribution in [0.25, 0.3) is 0 Å². The van der Waals surface area contributed by atoms with Crippen molar-refractivity contribution in [2.24, 2.45) is 0 Å². The predicted molar refractivity (Wildman–Crippen MR) is 124 cm³/mol. The molecular formula is C23H31N5O8. The minimum atomic E-state index is -1.39. The van der Waals surface area contributed by atoms with Crippen molar-refractivity contribution in [3.8, 4) is 0 Å². The van der Waals surface area contributed by atoms with Crippen molar-refractivity contribution in [2.45, 2.75) is 64.5 Å². The molecule has 196 valence electrons. The molecule has 2 atom stereocenters. The van der Waals surface area contributed by atoms with Gasteiger partial charge < -0.3 is 30.7 Å². The fourth-order valence-corrected chi connectivity index (χ4v) is 3.33. The number of carboxylic acids is 1. The second kappa shape index (κ2) is 12.7. The van der Waals surface area contributed by atoms with Crippen LogP contribution in [-0.2, 0) is 43.5 Å². The van der Waals surface area contributed by atoms with E-state index < -0.39 is 67.6 Å². The molecule has 1 aromatic carbocycles. The molecule has 0 aliphatic rings. The molecule has 0 aliphatic carbocycles. The zero-order chi connectivity index (χ0) is 26.9. The van der Waals surface area contributed by atoms with E-state index in [1.165, 1.54) is 0 Å². The lowest BCUT2D eigenvalue weighted by atomic mass is 10.0. The molecule has 1 aromatic heterocycles. The Morgan fingerprint density at radius 3 is 2.28 bits per heavy atom. The first-order valence-corrected chi connectivity index (χ1v) is 11.2. The molecule has 1 heterocycles. The molecule has 0 spiro atoms. The second-order valence-corrected chi connectivity index (χ2v) is 8.91. The van der Waals surface area contributed by atoms with Crippen molar-refractivity contribution in [1.29, 1.82) is 0 Å². The SMILES string of the molecule is CC(C)(C)OC(=O)C[C@@H](C(=O)N[C@@H](Cc1ccccc1)C(=O)NCC(=O)O)n1nnc(CO)c1CO. The first-order chi connectivity index (χ1) is 16.9. The molecule has 36 heavy (non-hydrogen) atoms. The van der Waals surface area contributed by atoms with Gasteiger partial charge in [-0.3, -0.25) is 19.2 Å². The van der Waals surface area contributed by atoms with Crippen LogP contribution in [0, 0.1) is 0 Å². The van der Waals surface area contributed by atoms with Crippen LogP contribution >= 0.6 is 0 Å². The number of aliphatic carboxylic acids is 1. The summed E-state index contributed by atoms with van der Waals surface area (Å²) >= 11 is 0. The Bertz CT molecular complexity index is 1060. The van der Waals surface area contributed by atoms with E-state index >= 15 is 0 Å². The van der Waals surface area contributed by atoms with Gasteiger partial charge in [0.15, 0.2) is 0 Å². The van der Waals surface area contributed by atoms with Crippen molar-refractivity contribution < 1.29 is 39.2 Å². The fraction of sp³-hybridized carbons (Fsp3) is 0.478. The lowest BCUT2D eigenvalue weighted by Gasteiger charge is -2.25. The number of amides is 2. The zero-order valence-electron chi connectivity index (χ0n) is 20.3. The Labute approximate surface area is 207 Å². The molecule has 2 amide bonds.